The number of ether oxygens (including phenoxy) is 1. The lowest BCUT2D eigenvalue weighted by Gasteiger charge is -2.22. The van der Waals surface area contributed by atoms with Crippen molar-refractivity contribution in [2.24, 2.45) is 0 Å². The third-order valence-electron chi connectivity index (χ3n) is 4.39. The van der Waals surface area contributed by atoms with Gasteiger partial charge in [0.25, 0.3) is 0 Å². The molecule has 0 saturated heterocycles. The van der Waals surface area contributed by atoms with Crippen LogP contribution >= 0.6 is 0 Å². The highest BCUT2D eigenvalue weighted by molar-refractivity contribution is 5.95. The molecule has 0 bridgehead atoms. The Morgan fingerprint density at radius 3 is 2.57 bits per heavy atom. The van der Waals surface area contributed by atoms with E-state index >= 15 is 0 Å². The summed E-state index contributed by atoms with van der Waals surface area (Å²) in [5.74, 6) is 0.622. The lowest BCUT2D eigenvalue weighted by molar-refractivity contribution is -0.134. The largest absolute Gasteiger partial charge is 0.494 e. The minimum atomic E-state index is -0.174. The molecule has 0 aliphatic carbocycles. The van der Waals surface area contributed by atoms with Gasteiger partial charge in [0.1, 0.15) is 5.75 Å². The molecule has 2 rings (SSSR count). The van der Waals surface area contributed by atoms with Crippen LogP contribution in [0.3, 0.4) is 0 Å². The maximum Gasteiger partial charge on any atom is 0.244 e. The fourth-order valence-corrected chi connectivity index (χ4v) is 2.91. The number of aryl methyl sites for hydroxylation is 2. The zero-order chi connectivity index (χ0) is 20.4. The van der Waals surface area contributed by atoms with Crippen LogP contribution in [0.25, 0.3) is 0 Å². The van der Waals surface area contributed by atoms with Gasteiger partial charge in [-0.3, -0.25) is 9.59 Å². The summed E-state index contributed by atoms with van der Waals surface area (Å²) in [7, 11) is 0. The van der Waals surface area contributed by atoms with Gasteiger partial charge >= 0.3 is 0 Å². The van der Waals surface area contributed by atoms with E-state index in [-0.39, 0.29) is 18.4 Å². The summed E-state index contributed by atoms with van der Waals surface area (Å²) in [5, 5.41) is 2.89. The highest BCUT2D eigenvalue weighted by atomic mass is 16.5. The molecule has 0 fully saturated rings. The molecule has 0 atom stereocenters. The Labute approximate surface area is 167 Å². The predicted octanol–water partition coefficient (Wildman–Crippen LogP) is 4.34. The van der Waals surface area contributed by atoms with Crippen molar-refractivity contribution >= 4 is 17.5 Å². The van der Waals surface area contributed by atoms with E-state index in [1.54, 1.807) is 4.90 Å². The van der Waals surface area contributed by atoms with E-state index in [2.05, 4.69) is 5.32 Å². The maximum absolute atomic E-state index is 12.5. The fraction of sp³-hybridized carbons (Fsp3) is 0.391. The second-order valence-corrected chi connectivity index (χ2v) is 6.95. The van der Waals surface area contributed by atoms with Crippen LogP contribution < -0.4 is 10.1 Å². The van der Waals surface area contributed by atoms with Gasteiger partial charge in [0.2, 0.25) is 11.8 Å². The molecule has 2 aromatic carbocycles. The Morgan fingerprint density at radius 2 is 1.86 bits per heavy atom. The highest BCUT2D eigenvalue weighted by Gasteiger charge is 2.16. The molecule has 0 saturated carbocycles. The molecule has 1 N–H and O–H groups in total. The van der Waals surface area contributed by atoms with Gasteiger partial charge in [-0.1, -0.05) is 37.3 Å². The van der Waals surface area contributed by atoms with E-state index in [0.717, 1.165) is 29.0 Å². The second-order valence-electron chi connectivity index (χ2n) is 6.95. The minimum absolute atomic E-state index is 0.0189. The van der Waals surface area contributed by atoms with Gasteiger partial charge in [-0.15, -0.1) is 0 Å². The first kappa shape index (κ1) is 21.5. The van der Waals surface area contributed by atoms with Crippen molar-refractivity contribution in [2.75, 3.05) is 25.0 Å². The van der Waals surface area contributed by atoms with Crippen LogP contribution in [0.4, 0.5) is 5.69 Å². The van der Waals surface area contributed by atoms with Crippen molar-refractivity contribution in [3.8, 4) is 5.75 Å². The molecule has 2 amide bonds. The summed E-state index contributed by atoms with van der Waals surface area (Å²) < 4.78 is 5.70. The quantitative estimate of drug-likeness (QED) is 0.622. The van der Waals surface area contributed by atoms with E-state index in [1.807, 2.05) is 69.3 Å². The summed E-state index contributed by atoms with van der Waals surface area (Å²) in [5.41, 5.74) is 2.92. The number of rotatable bonds is 10. The third-order valence-corrected chi connectivity index (χ3v) is 4.39. The second kappa shape index (κ2) is 11.1. The van der Waals surface area contributed by atoms with E-state index in [4.69, 9.17) is 4.74 Å². The average molecular weight is 383 g/mol. The van der Waals surface area contributed by atoms with Crippen LogP contribution in [0.1, 0.15) is 37.3 Å². The minimum Gasteiger partial charge on any atom is -0.494 e. The van der Waals surface area contributed by atoms with Crippen LogP contribution in [0.2, 0.25) is 0 Å². The molecule has 0 spiro atoms. The topological polar surface area (TPSA) is 58.6 Å². The fourth-order valence-electron chi connectivity index (χ4n) is 2.91. The molecule has 5 nitrogen and oxygen atoms in total. The zero-order valence-corrected chi connectivity index (χ0v) is 17.0. The molecule has 150 valence electrons. The number of carbonyl (C=O) groups is 2. The van der Waals surface area contributed by atoms with Crippen LogP contribution in [0.15, 0.2) is 48.5 Å². The summed E-state index contributed by atoms with van der Waals surface area (Å²) in [4.78, 5) is 26.5. The number of nitrogens with zero attached hydrogens (tertiary/aromatic N) is 1. The van der Waals surface area contributed by atoms with Crippen molar-refractivity contribution in [1.82, 2.24) is 4.90 Å². The normalized spacial score (nSPS) is 10.4. The maximum atomic E-state index is 12.5. The molecule has 2 aromatic rings. The van der Waals surface area contributed by atoms with Crippen molar-refractivity contribution in [1.29, 1.82) is 0 Å². The molecule has 28 heavy (non-hydrogen) atoms. The van der Waals surface area contributed by atoms with Crippen molar-refractivity contribution < 1.29 is 14.3 Å². The number of anilines is 1. The first-order valence-corrected chi connectivity index (χ1v) is 9.82. The number of hydrogen-bond donors (Lipinski definition) is 1. The number of benzene rings is 2. The highest BCUT2D eigenvalue weighted by Crippen LogP contribution is 2.14. The molecule has 0 aromatic heterocycles. The monoisotopic (exact) mass is 382 g/mol. The molecule has 0 aliphatic rings. The molecule has 5 heteroatoms. The van der Waals surface area contributed by atoms with Gasteiger partial charge in [0.15, 0.2) is 0 Å². The van der Waals surface area contributed by atoms with Crippen LogP contribution in [0, 0.1) is 13.8 Å². The Bertz CT molecular complexity index is 789. The summed E-state index contributed by atoms with van der Waals surface area (Å²) in [6.07, 6.45) is 1.79. The molecule has 0 aliphatic heterocycles. The average Bonchev–Trinajstić information content (AvgIpc) is 2.66. The molecule has 0 unspecified atom stereocenters. The summed E-state index contributed by atoms with van der Waals surface area (Å²) in [6, 6.07) is 15.5. The first-order chi connectivity index (χ1) is 13.5. The lowest BCUT2D eigenvalue weighted by atomic mass is 10.2. The summed E-state index contributed by atoms with van der Waals surface area (Å²) in [6.45, 7) is 7.07. The van der Waals surface area contributed by atoms with Gasteiger partial charge in [-0.05, 0) is 56.0 Å². The predicted molar refractivity (Wildman–Crippen MR) is 113 cm³/mol. The molecule has 0 heterocycles. The molecular weight excluding hydrogens is 352 g/mol. The Hall–Kier alpha value is -2.82. The summed E-state index contributed by atoms with van der Waals surface area (Å²) >= 11 is 0. The van der Waals surface area contributed by atoms with Gasteiger partial charge in [-0.2, -0.15) is 0 Å². The lowest BCUT2D eigenvalue weighted by Crippen LogP contribution is -2.38. The van der Waals surface area contributed by atoms with Gasteiger partial charge in [-0.25, -0.2) is 0 Å². The number of carbonyl (C=O) groups excluding carboxylic acids is 2. The third kappa shape index (κ3) is 7.06. The van der Waals surface area contributed by atoms with Gasteiger partial charge in [0, 0.05) is 18.7 Å². The van der Waals surface area contributed by atoms with Crippen LogP contribution in [-0.2, 0) is 9.59 Å². The Kier molecular flexibility index (Phi) is 8.53. The number of hydrogen-bond acceptors (Lipinski definition) is 3. The van der Waals surface area contributed by atoms with E-state index in [1.165, 1.54) is 0 Å². The smallest absolute Gasteiger partial charge is 0.244 e. The van der Waals surface area contributed by atoms with Crippen molar-refractivity contribution in [3.63, 3.8) is 0 Å². The SMILES string of the molecule is CCCN(CC(=O)Nc1ccccc1C)C(=O)CCCOc1cccc(C)c1. The number of amides is 2. The molecule has 0 radical (unpaired) electrons. The van der Waals surface area contributed by atoms with E-state index in [0.29, 0.717) is 26.0 Å². The van der Waals surface area contributed by atoms with Crippen molar-refractivity contribution in [3.05, 3.63) is 59.7 Å². The number of para-hydroxylation sites is 1. The van der Waals surface area contributed by atoms with Gasteiger partial charge < -0.3 is 15.0 Å². The zero-order valence-electron chi connectivity index (χ0n) is 17.0. The van der Waals surface area contributed by atoms with Crippen LogP contribution in [0.5, 0.6) is 5.75 Å². The van der Waals surface area contributed by atoms with Gasteiger partial charge in [0.05, 0.1) is 13.2 Å². The van der Waals surface area contributed by atoms with E-state index in [9.17, 15) is 9.59 Å². The Balaban J connectivity index is 1.80. The van der Waals surface area contributed by atoms with Crippen LogP contribution in [-0.4, -0.2) is 36.4 Å². The molecular formula is C23H30N2O3. The van der Waals surface area contributed by atoms with Crippen molar-refractivity contribution in [2.45, 2.75) is 40.0 Å². The standard InChI is InChI=1S/C23H30N2O3/c1-4-14-25(17-22(26)24-21-12-6-5-10-19(21)3)23(27)13-8-15-28-20-11-7-9-18(2)16-20/h5-7,9-12,16H,4,8,13-15,17H2,1-3H3,(H,24,26). The number of nitrogens with one attached hydrogen (secondary N) is 1. The first-order valence-electron chi connectivity index (χ1n) is 9.82. The van der Waals surface area contributed by atoms with E-state index < -0.39 is 0 Å². The Morgan fingerprint density at radius 1 is 1.07 bits per heavy atom.